The molecule has 0 bridgehead atoms. The van der Waals surface area contributed by atoms with Crippen molar-refractivity contribution in [1.29, 1.82) is 0 Å². The van der Waals surface area contributed by atoms with Gasteiger partial charge in [0, 0.05) is 6.42 Å². The molecule has 0 rings (SSSR count). The molecule has 13 heteroatoms. The SMILES string of the molecule is CC(NC(=O)C(CC(=O)O)NC(=O)CNC(=O)C(N)CCC(N)=O)C(=O)O. The first-order valence-electron chi connectivity index (χ1n) is 7.80. The fourth-order valence-corrected chi connectivity index (χ4v) is 1.73. The van der Waals surface area contributed by atoms with Gasteiger partial charge in [-0.15, -0.1) is 0 Å². The van der Waals surface area contributed by atoms with E-state index >= 15 is 0 Å². The monoisotopic (exact) mass is 389 g/mol. The van der Waals surface area contributed by atoms with Crippen molar-refractivity contribution in [2.45, 2.75) is 44.3 Å². The Morgan fingerprint density at radius 1 is 1.00 bits per heavy atom. The van der Waals surface area contributed by atoms with Crippen LogP contribution in [0.15, 0.2) is 0 Å². The summed E-state index contributed by atoms with van der Waals surface area (Å²) in [6.45, 7) is 0.550. The Kier molecular flexibility index (Phi) is 10.0. The van der Waals surface area contributed by atoms with Crippen LogP contribution in [-0.4, -0.2) is 70.5 Å². The van der Waals surface area contributed by atoms with Crippen molar-refractivity contribution in [3.63, 3.8) is 0 Å². The molecule has 0 fully saturated rings. The number of amides is 4. The van der Waals surface area contributed by atoms with Gasteiger partial charge in [-0.3, -0.25) is 28.8 Å². The van der Waals surface area contributed by atoms with Crippen LogP contribution in [0.2, 0.25) is 0 Å². The minimum absolute atomic E-state index is 0.0279. The number of carbonyl (C=O) groups excluding carboxylic acids is 4. The van der Waals surface area contributed by atoms with E-state index in [1.807, 2.05) is 5.32 Å². The van der Waals surface area contributed by atoms with Crippen molar-refractivity contribution in [2.75, 3.05) is 6.54 Å². The molecule has 0 heterocycles. The molecule has 0 aliphatic heterocycles. The number of carboxylic acid groups (broad SMARTS) is 2. The first-order valence-corrected chi connectivity index (χ1v) is 7.80. The molecule has 0 saturated carbocycles. The van der Waals surface area contributed by atoms with E-state index in [2.05, 4.69) is 10.6 Å². The Morgan fingerprint density at radius 2 is 1.59 bits per heavy atom. The third-order valence-corrected chi connectivity index (χ3v) is 3.22. The van der Waals surface area contributed by atoms with Crippen molar-refractivity contribution in [1.82, 2.24) is 16.0 Å². The molecule has 4 amide bonds. The van der Waals surface area contributed by atoms with Crippen molar-refractivity contribution < 1.29 is 39.0 Å². The zero-order chi connectivity index (χ0) is 21.1. The zero-order valence-corrected chi connectivity index (χ0v) is 14.6. The van der Waals surface area contributed by atoms with Crippen molar-refractivity contribution in [2.24, 2.45) is 11.5 Å². The molecule has 3 unspecified atom stereocenters. The highest BCUT2D eigenvalue weighted by Gasteiger charge is 2.26. The molecule has 9 N–H and O–H groups in total. The lowest BCUT2D eigenvalue weighted by molar-refractivity contribution is -0.143. The van der Waals surface area contributed by atoms with Gasteiger partial charge in [-0.2, -0.15) is 0 Å². The lowest BCUT2D eigenvalue weighted by Crippen LogP contribution is -2.53. The Balaban J connectivity index is 4.65. The van der Waals surface area contributed by atoms with Gasteiger partial charge >= 0.3 is 11.9 Å². The normalized spacial score (nSPS) is 13.6. The summed E-state index contributed by atoms with van der Waals surface area (Å²) in [5.41, 5.74) is 10.4. The zero-order valence-electron chi connectivity index (χ0n) is 14.6. The second-order valence-corrected chi connectivity index (χ2v) is 5.62. The summed E-state index contributed by atoms with van der Waals surface area (Å²) in [4.78, 5) is 67.6. The largest absolute Gasteiger partial charge is 0.481 e. The summed E-state index contributed by atoms with van der Waals surface area (Å²) < 4.78 is 0. The summed E-state index contributed by atoms with van der Waals surface area (Å²) in [6.07, 6.45) is -0.945. The maximum absolute atomic E-state index is 11.9. The number of carbonyl (C=O) groups is 6. The molecule has 0 aliphatic rings. The number of hydrogen-bond donors (Lipinski definition) is 7. The second kappa shape index (κ2) is 11.4. The number of hydrogen-bond acceptors (Lipinski definition) is 7. The van der Waals surface area contributed by atoms with Gasteiger partial charge < -0.3 is 37.6 Å². The van der Waals surface area contributed by atoms with Crippen LogP contribution in [0.5, 0.6) is 0 Å². The molecular formula is C14H23N5O8. The molecule has 0 spiro atoms. The fourth-order valence-electron chi connectivity index (χ4n) is 1.73. The molecule has 0 aromatic rings. The van der Waals surface area contributed by atoms with Crippen LogP contribution in [0, 0.1) is 0 Å². The van der Waals surface area contributed by atoms with Crippen LogP contribution in [0.4, 0.5) is 0 Å². The molecule has 3 atom stereocenters. The molecule has 0 radical (unpaired) electrons. The minimum Gasteiger partial charge on any atom is -0.481 e. The van der Waals surface area contributed by atoms with Crippen LogP contribution in [-0.2, 0) is 28.8 Å². The lowest BCUT2D eigenvalue weighted by Gasteiger charge is -2.19. The van der Waals surface area contributed by atoms with Gasteiger partial charge in [-0.1, -0.05) is 0 Å². The third kappa shape index (κ3) is 10.4. The van der Waals surface area contributed by atoms with Crippen molar-refractivity contribution in [3.05, 3.63) is 0 Å². The van der Waals surface area contributed by atoms with Crippen molar-refractivity contribution in [3.8, 4) is 0 Å². The highest BCUT2D eigenvalue weighted by atomic mass is 16.4. The third-order valence-electron chi connectivity index (χ3n) is 3.22. The van der Waals surface area contributed by atoms with Gasteiger partial charge in [-0.05, 0) is 13.3 Å². The van der Waals surface area contributed by atoms with Gasteiger partial charge in [0.2, 0.25) is 23.6 Å². The first kappa shape index (κ1) is 23.8. The highest BCUT2D eigenvalue weighted by Crippen LogP contribution is 1.96. The number of rotatable bonds is 12. The first-order chi connectivity index (χ1) is 12.4. The maximum atomic E-state index is 11.9. The molecule has 0 aromatic carbocycles. The molecule has 0 saturated heterocycles. The summed E-state index contributed by atoms with van der Waals surface area (Å²) in [5, 5.41) is 23.8. The quantitative estimate of drug-likeness (QED) is 0.173. The summed E-state index contributed by atoms with van der Waals surface area (Å²) in [5.74, 6) is -6.05. The predicted octanol–water partition coefficient (Wildman–Crippen LogP) is -3.76. The van der Waals surface area contributed by atoms with E-state index < -0.39 is 66.7 Å². The molecule has 27 heavy (non-hydrogen) atoms. The van der Waals surface area contributed by atoms with Crippen molar-refractivity contribution >= 4 is 35.6 Å². The Bertz CT molecular complexity index is 608. The van der Waals surface area contributed by atoms with E-state index in [9.17, 15) is 28.8 Å². The smallest absolute Gasteiger partial charge is 0.325 e. The predicted molar refractivity (Wildman–Crippen MR) is 88.8 cm³/mol. The van der Waals surface area contributed by atoms with Gasteiger partial charge in [0.05, 0.1) is 19.0 Å². The lowest BCUT2D eigenvalue weighted by atomic mass is 10.1. The second-order valence-electron chi connectivity index (χ2n) is 5.62. The fraction of sp³-hybridized carbons (Fsp3) is 0.571. The van der Waals surface area contributed by atoms with Crippen LogP contribution >= 0.6 is 0 Å². The van der Waals surface area contributed by atoms with E-state index in [0.29, 0.717) is 0 Å². The maximum Gasteiger partial charge on any atom is 0.325 e. The Hall–Kier alpha value is -3.22. The minimum atomic E-state index is -1.54. The number of primary amides is 1. The Morgan fingerprint density at radius 3 is 2.07 bits per heavy atom. The average Bonchev–Trinajstić information content (AvgIpc) is 2.56. The van der Waals surface area contributed by atoms with Gasteiger partial charge in [-0.25, -0.2) is 0 Å². The van der Waals surface area contributed by atoms with E-state index in [0.717, 1.165) is 6.92 Å². The van der Waals surface area contributed by atoms with Crippen LogP contribution in [0.25, 0.3) is 0 Å². The molecule has 152 valence electrons. The van der Waals surface area contributed by atoms with Gasteiger partial charge in [0.15, 0.2) is 0 Å². The Labute approximate surface area is 153 Å². The molecule has 13 nitrogen and oxygen atoms in total. The standard InChI is InChI=1S/C14H23N5O8/c1-6(14(26)27)18-13(25)8(4-11(22)23)19-10(21)5-17-12(24)7(15)2-3-9(16)20/h6-8H,2-5,15H2,1H3,(H2,16,20)(H,17,24)(H,18,25)(H,19,21)(H,22,23)(H,26,27). The van der Waals surface area contributed by atoms with E-state index in [1.165, 1.54) is 0 Å². The average molecular weight is 389 g/mol. The van der Waals surface area contributed by atoms with Gasteiger partial charge in [0.25, 0.3) is 0 Å². The summed E-state index contributed by atoms with van der Waals surface area (Å²) in [6, 6.07) is -3.93. The van der Waals surface area contributed by atoms with E-state index in [1.54, 1.807) is 0 Å². The van der Waals surface area contributed by atoms with Crippen LogP contribution in [0.3, 0.4) is 0 Å². The van der Waals surface area contributed by atoms with E-state index in [4.69, 9.17) is 21.7 Å². The number of carboxylic acids is 2. The highest BCUT2D eigenvalue weighted by molar-refractivity contribution is 5.94. The molecule has 0 aliphatic carbocycles. The number of aliphatic carboxylic acids is 2. The van der Waals surface area contributed by atoms with Crippen LogP contribution in [0.1, 0.15) is 26.2 Å². The topological polar surface area (TPSA) is 231 Å². The van der Waals surface area contributed by atoms with Gasteiger partial charge in [0.1, 0.15) is 12.1 Å². The summed E-state index contributed by atoms with van der Waals surface area (Å²) >= 11 is 0. The number of nitrogens with one attached hydrogen (secondary N) is 3. The van der Waals surface area contributed by atoms with E-state index in [-0.39, 0.29) is 12.8 Å². The summed E-state index contributed by atoms with van der Waals surface area (Å²) in [7, 11) is 0. The van der Waals surface area contributed by atoms with Crippen LogP contribution < -0.4 is 27.4 Å². The molecule has 0 aromatic heterocycles. The molecular weight excluding hydrogens is 366 g/mol. The number of nitrogens with two attached hydrogens (primary N) is 2.